The number of alkyl halides is 3. The summed E-state index contributed by atoms with van der Waals surface area (Å²) in [5, 5.41) is 14.2. The van der Waals surface area contributed by atoms with Gasteiger partial charge in [0.2, 0.25) is 0 Å². The summed E-state index contributed by atoms with van der Waals surface area (Å²) >= 11 is 0. The van der Waals surface area contributed by atoms with Crippen molar-refractivity contribution in [2.75, 3.05) is 0 Å². The molecule has 0 amide bonds. The van der Waals surface area contributed by atoms with Gasteiger partial charge >= 0.3 is 6.18 Å². The van der Waals surface area contributed by atoms with Gasteiger partial charge in [-0.1, -0.05) is 12.0 Å². The van der Waals surface area contributed by atoms with Crippen molar-refractivity contribution in [3.8, 4) is 12.3 Å². The van der Waals surface area contributed by atoms with Crippen LogP contribution in [0.2, 0.25) is 0 Å². The number of carboxylic acids is 1. The number of terminal acetylenes is 1. The van der Waals surface area contributed by atoms with Crippen LogP contribution in [0.5, 0.6) is 0 Å². The largest absolute Gasteiger partial charge is 0.545 e. The molecule has 0 aromatic rings. The lowest BCUT2D eigenvalue weighted by atomic mass is 9.96. The zero-order valence-corrected chi connectivity index (χ0v) is 12.2. The maximum atomic E-state index is 13.3. The first-order chi connectivity index (χ1) is 10.1. The Kier molecular flexibility index (Phi) is 4.00. The first-order valence-corrected chi connectivity index (χ1v) is 6.81. The number of carboxylic acid groups (broad SMARTS) is 1. The summed E-state index contributed by atoms with van der Waals surface area (Å²) < 4.78 is 39.9. The Morgan fingerprint density at radius 2 is 2.00 bits per heavy atom. The average molecular weight is 313 g/mol. The molecule has 1 heterocycles. The van der Waals surface area contributed by atoms with Gasteiger partial charge in [0.05, 0.1) is 11.5 Å². The molecule has 1 saturated carbocycles. The van der Waals surface area contributed by atoms with Gasteiger partial charge in [0.25, 0.3) is 0 Å². The van der Waals surface area contributed by atoms with Crippen molar-refractivity contribution in [1.82, 2.24) is 10.2 Å². The summed E-state index contributed by atoms with van der Waals surface area (Å²) in [6.45, 7) is 2.87. The number of halogens is 3. The van der Waals surface area contributed by atoms with Crippen molar-refractivity contribution in [2.24, 2.45) is 0 Å². The molecule has 0 aromatic carbocycles. The Morgan fingerprint density at radius 3 is 2.41 bits per heavy atom. The smallest absolute Gasteiger partial charge is 0.431 e. The van der Waals surface area contributed by atoms with Crippen LogP contribution in [0.4, 0.5) is 13.2 Å². The first-order valence-electron chi connectivity index (χ1n) is 6.81. The maximum Gasteiger partial charge on any atom is 0.431 e. The SMILES string of the molecule is C#CC(C)(C)N1C(C(F)(F)F)=CC=C(C(=O)[O-])C1NC1CC1. The van der Waals surface area contributed by atoms with Crippen molar-refractivity contribution in [3.63, 3.8) is 0 Å². The van der Waals surface area contributed by atoms with E-state index in [1.165, 1.54) is 13.8 Å². The Morgan fingerprint density at radius 1 is 1.41 bits per heavy atom. The minimum absolute atomic E-state index is 0.0172. The van der Waals surface area contributed by atoms with Crippen LogP contribution in [0.25, 0.3) is 0 Å². The summed E-state index contributed by atoms with van der Waals surface area (Å²) in [6.07, 6.45) is 2.78. The van der Waals surface area contributed by atoms with E-state index >= 15 is 0 Å². The highest BCUT2D eigenvalue weighted by Gasteiger charge is 2.48. The second kappa shape index (κ2) is 5.36. The normalized spacial score (nSPS) is 22.7. The fraction of sp³-hybridized carbons (Fsp3) is 0.533. The van der Waals surface area contributed by atoms with Crippen molar-refractivity contribution in [3.05, 3.63) is 23.4 Å². The molecule has 22 heavy (non-hydrogen) atoms. The molecule has 0 aromatic heterocycles. The first kappa shape index (κ1) is 16.4. The third-order valence-electron chi connectivity index (χ3n) is 3.69. The Bertz CT molecular complexity index is 581. The van der Waals surface area contributed by atoms with Crippen molar-refractivity contribution in [1.29, 1.82) is 0 Å². The minimum Gasteiger partial charge on any atom is -0.545 e. The molecule has 1 aliphatic carbocycles. The van der Waals surface area contributed by atoms with E-state index in [9.17, 15) is 23.1 Å². The molecule has 120 valence electrons. The van der Waals surface area contributed by atoms with Crippen LogP contribution >= 0.6 is 0 Å². The fourth-order valence-corrected chi connectivity index (χ4v) is 2.36. The molecule has 1 atom stereocenters. The molecule has 1 unspecified atom stereocenters. The molecule has 1 N–H and O–H groups in total. The number of nitrogens with zero attached hydrogens (tertiary/aromatic N) is 1. The van der Waals surface area contributed by atoms with Gasteiger partial charge in [0.15, 0.2) is 0 Å². The number of aliphatic carboxylic acids is 1. The van der Waals surface area contributed by atoms with Crippen LogP contribution in [0, 0.1) is 12.3 Å². The highest BCUT2D eigenvalue weighted by Crippen LogP contribution is 2.39. The average Bonchev–Trinajstić information content (AvgIpc) is 3.20. The van der Waals surface area contributed by atoms with E-state index in [1.807, 2.05) is 0 Å². The Balaban J connectivity index is 2.53. The van der Waals surface area contributed by atoms with Gasteiger partial charge in [-0.25, -0.2) is 0 Å². The molecule has 2 aliphatic rings. The van der Waals surface area contributed by atoms with E-state index < -0.39 is 29.5 Å². The quantitative estimate of drug-likeness (QED) is 0.784. The minimum atomic E-state index is -4.65. The summed E-state index contributed by atoms with van der Waals surface area (Å²) in [5.74, 6) is 0.781. The van der Waals surface area contributed by atoms with E-state index in [0.717, 1.165) is 29.9 Å². The molecule has 0 spiro atoms. The number of carbonyl (C=O) groups is 1. The second-order valence-corrected chi connectivity index (χ2v) is 5.88. The van der Waals surface area contributed by atoms with Crippen LogP contribution in [0.3, 0.4) is 0 Å². The van der Waals surface area contributed by atoms with Crippen LogP contribution in [0.1, 0.15) is 26.7 Å². The fourth-order valence-electron chi connectivity index (χ4n) is 2.36. The van der Waals surface area contributed by atoms with Gasteiger partial charge in [-0.2, -0.15) is 13.2 Å². The van der Waals surface area contributed by atoms with Crippen molar-refractivity contribution in [2.45, 2.75) is 50.6 Å². The van der Waals surface area contributed by atoms with E-state index in [0.29, 0.717) is 0 Å². The van der Waals surface area contributed by atoms with Crippen LogP contribution in [0.15, 0.2) is 23.4 Å². The number of rotatable bonds is 4. The molecule has 1 fully saturated rings. The maximum absolute atomic E-state index is 13.3. The third-order valence-corrected chi connectivity index (χ3v) is 3.69. The lowest BCUT2D eigenvalue weighted by Crippen LogP contribution is -2.60. The molecular weight excluding hydrogens is 297 g/mol. The van der Waals surface area contributed by atoms with E-state index in [2.05, 4.69) is 11.2 Å². The van der Waals surface area contributed by atoms with Gasteiger partial charge < -0.3 is 14.8 Å². The van der Waals surface area contributed by atoms with Gasteiger partial charge in [-0.05, 0) is 32.8 Å². The van der Waals surface area contributed by atoms with Gasteiger partial charge in [0, 0.05) is 11.6 Å². The number of allylic oxidation sites excluding steroid dienone is 3. The van der Waals surface area contributed by atoms with Crippen LogP contribution < -0.4 is 10.4 Å². The highest BCUT2D eigenvalue weighted by molar-refractivity contribution is 5.87. The molecule has 0 bridgehead atoms. The topological polar surface area (TPSA) is 55.4 Å². The van der Waals surface area contributed by atoms with E-state index in [1.54, 1.807) is 0 Å². The van der Waals surface area contributed by atoms with Crippen molar-refractivity contribution < 1.29 is 23.1 Å². The number of hydrogen-bond donors (Lipinski definition) is 1. The van der Waals surface area contributed by atoms with Crippen LogP contribution in [-0.4, -0.2) is 34.8 Å². The second-order valence-electron chi connectivity index (χ2n) is 5.88. The lowest BCUT2D eigenvalue weighted by molar-refractivity contribution is -0.300. The van der Waals surface area contributed by atoms with E-state index in [4.69, 9.17) is 6.42 Å². The van der Waals surface area contributed by atoms with Crippen LogP contribution in [-0.2, 0) is 4.79 Å². The Hall–Kier alpha value is -1.94. The van der Waals surface area contributed by atoms with Gasteiger partial charge in [0.1, 0.15) is 11.9 Å². The molecule has 2 rings (SSSR count). The molecule has 0 radical (unpaired) electrons. The van der Waals surface area contributed by atoms with Gasteiger partial charge in [-0.3, -0.25) is 5.32 Å². The zero-order chi connectivity index (χ0) is 16.7. The molecule has 4 nitrogen and oxygen atoms in total. The summed E-state index contributed by atoms with van der Waals surface area (Å²) in [4.78, 5) is 12.2. The number of carbonyl (C=O) groups excluding carboxylic acids is 1. The molecule has 7 heteroatoms. The number of hydrogen-bond acceptors (Lipinski definition) is 4. The predicted octanol–water partition coefficient (Wildman–Crippen LogP) is 0.914. The Labute approximate surface area is 126 Å². The summed E-state index contributed by atoms with van der Waals surface area (Å²) in [5.41, 5.74) is -2.56. The zero-order valence-electron chi connectivity index (χ0n) is 12.2. The lowest BCUT2D eigenvalue weighted by Gasteiger charge is -2.47. The van der Waals surface area contributed by atoms with Crippen molar-refractivity contribution >= 4 is 5.97 Å². The van der Waals surface area contributed by atoms with Gasteiger partial charge in [-0.15, -0.1) is 6.42 Å². The highest BCUT2D eigenvalue weighted by atomic mass is 19.4. The molecule has 0 saturated heterocycles. The standard InChI is InChI=1S/C15H17F3N2O2/c1-4-14(2,3)20-11(15(16,17)18)8-7-10(13(21)22)12(20)19-9-5-6-9/h1,7-9,12,19H,5-6H2,2-3H3,(H,21,22)/p-1. The molecule has 1 aliphatic heterocycles. The molecular formula is C15H16F3N2O2-. The van der Waals surface area contributed by atoms with E-state index in [-0.39, 0.29) is 11.6 Å². The number of nitrogens with one attached hydrogen (secondary N) is 1. The third kappa shape index (κ3) is 3.12. The predicted molar refractivity (Wildman–Crippen MR) is 71.9 cm³/mol. The monoisotopic (exact) mass is 313 g/mol. The summed E-state index contributed by atoms with van der Waals surface area (Å²) in [7, 11) is 0. The summed E-state index contributed by atoms with van der Waals surface area (Å²) in [6, 6.07) is -0.0172.